The number of aromatic nitrogens is 3. The first-order chi connectivity index (χ1) is 42.9. The van der Waals surface area contributed by atoms with Crippen LogP contribution in [0.15, 0.2) is 31.5 Å². The van der Waals surface area contributed by atoms with Crippen molar-refractivity contribution in [2.24, 2.45) is 23.3 Å². The van der Waals surface area contributed by atoms with Crippen molar-refractivity contribution in [3.8, 4) is 0 Å². The van der Waals surface area contributed by atoms with Crippen molar-refractivity contribution in [1.29, 1.82) is 0 Å². The molecule has 15 N–H and O–H groups in total. The van der Waals surface area contributed by atoms with E-state index in [9.17, 15) is 79.8 Å². The van der Waals surface area contributed by atoms with E-state index >= 15 is 0 Å². The van der Waals surface area contributed by atoms with E-state index in [1.807, 2.05) is 0 Å². The third kappa shape index (κ3) is 17.7. The van der Waals surface area contributed by atoms with Crippen LogP contribution in [0.2, 0.25) is 0 Å². The Bertz CT molecular complexity index is 2530. The molecule has 508 valence electrons. The number of amides is 4. The molecule has 6 saturated heterocycles. The van der Waals surface area contributed by atoms with Gasteiger partial charge < -0.3 is 125 Å². The van der Waals surface area contributed by atoms with Crippen molar-refractivity contribution >= 4 is 35.6 Å². The smallest absolute Gasteiger partial charge is 0.335 e. The lowest BCUT2D eigenvalue weighted by Crippen LogP contribution is -2.66. The zero-order chi connectivity index (χ0) is 65.7. The predicted molar refractivity (Wildman–Crippen MR) is 297 cm³/mol. The van der Waals surface area contributed by atoms with Crippen LogP contribution >= 0.6 is 0 Å². The van der Waals surface area contributed by atoms with Gasteiger partial charge in [0.15, 0.2) is 37.4 Å². The van der Waals surface area contributed by atoms with Crippen LogP contribution in [0.5, 0.6) is 0 Å². The minimum atomic E-state index is -1.88. The number of nitrogens with two attached hydrogens (primary N) is 2. The molecule has 1 aromatic heterocycles. The number of nitrogens with zero attached hydrogens (tertiary/aromatic N) is 5. The molecule has 6 aliphatic heterocycles. The second kappa shape index (κ2) is 33.6. The molecular weight excluding hydrogens is 1200 g/mol. The molecule has 0 saturated carbocycles. The van der Waals surface area contributed by atoms with Gasteiger partial charge in [-0.2, -0.15) is 0 Å². The van der Waals surface area contributed by atoms with Gasteiger partial charge in [-0.15, -0.1) is 18.3 Å². The molecule has 8 unspecified atom stereocenters. The molecular formula is C55H86N8O27. The molecule has 0 spiro atoms. The summed E-state index contributed by atoms with van der Waals surface area (Å²) in [6.45, 7) is 10.7. The van der Waals surface area contributed by atoms with Crippen molar-refractivity contribution in [2.75, 3.05) is 59.3 Å². The summed E-state index contributed by atoms with van der Waals surface area (Å²) in [5.41, 5.74) is 12.2. The Morgan fingerprint density at radius 2 is 1.16 bits per heavy atom. The Labute approximate surface area is 516 Å². The summed E-state index contributed by atoms with van der Waals surface area (Å²) >= 11 is 0. The third-order valence-corrected chi connectivity index (χ3v) is 16.3. The van der Waals surface area contributed by atoms with E-state index in [4.69, 9.17) is 63.6 Å². The summed E-state index contributed by atoms with van der Waals surface area (Å²) in [6, 6.07) is -2.66. The molecule has 0 aromatic carbocycles. The van der Waals surface area contributed by atoms with Crippen LogP contribution in [-0.4, -0.2) is 306 Å². The molecule has 6 aliphatic rings. The lowest BCUT2D eigenvalue weighted by Gasteiger charge is -2.45. The number of carboxylic acids is 2. The number of imide groups is 1. The zero-order valence-corrected chi connectivity index (χ0v) is 49.8. The highest BCUT2D eigenvalue weighted by molar-refractivity contribution is 6.06. The van der Waals surface area contributed by atoms with E-state index in [2.05, 4.69) is 28.8 Å². The second-order valence-electron chi connectivity index (χ2n) is 22.7. The van der Waals surface area contributed by atoms with Gasteiger partial charge in [0, 0.05) is 39.1 Å². The predicted octanol–water partition coefficient (Wildman–Crippen LogP) is -6.71. The van der Waals surface area contributed by atoms with Gasteiger partial charge >= 0.3 is 11.9 Å². The Kier molecular flexibility index (Phi) is 27.0. The van der Waals surface area contributed by atoms with E-state index < -0.39 is 165 Å². The van der Waals surface area contributed by atoms with Gasteiger partial charge in [-0.05, 0) is 39.5 Å². The fraction of sp³-hybridized carbons (Fsp3) is 0.782. The summed E-state index contributed by atoms with van der Waals surface area (Å²) in [7, 11) is 0. The van der Waals surface area contributed by atoms with E-state index in [-0.39, 0.29) is 109 Å². The first-order valence-corrected chi connectivity index (χ1v) is 29.8. The van der Waals surface area contributed by atoms with Crippen molar-refractivity contribution in [2.45, 2.75) is 200 Å². The minimum Gasteiger partial charge on any atom is -0.479 e. The van der Waals surface area contributed by atoms with Crippen LogP contribution < -0.4 is 16.8 Å². The molecule has 0 aliphatic carbocycles. The normalized spacial score (nSPS) is 37.0. The molecule has 7 heterocycles. The van der Waals surface area contributed by atoms with E-state index in [0.717, 1.165) is 0 Å². The maximum atomic E-state index is 13.8. The van der Waals surface area contributed by atoms with Crippen LogP contribution in [0.4, 0.5) is 0 Å². The number of unbranched alkanes of at least 4 members (excludes halogenated alkanes) is 2. The Balaban J connectivity index is 0.826. The average Bonchev–Trinajstić information content (AvgIpc) is 2.31. The van der Waals surface area contributed by atoms with Crippen LogP contribution in [0.25, 0.3) is 0 Å². The standard InChI is InChI=1S/C55H86N8O27/c1-5-28-32-33(29(6-2)86-28)49(75)63(48(32)74)15-9-7-8-14-61(23-27-24-62(60-59-27)16-20-81-21-22-83-55-43(73)41(71)45(47(90-55)51(78)79)88-53-35(57)39(69)37(67)26(4)85-53)31(65)12-11-30(64)58-13-19-80-17-10-18-82-54-42(72)40(70)44(46(89-54)50(76)77)87-52-34(56)38(68)36(66)25(3)84-52/h5-6,24-26,28-29,32-47,52-55,66-73H,1-2,7-23,56-57H2,3-4H3,(H,58,64)(H,76,77)(H,78,79)/t25?,26?,28-,29+,32+,33-,34?,35?,36-,37-,38-,39-,40-,41-,42?,43?,44+,45+,46?,47?,52-,53-,54-,55-/m1/s1. The third-order valence-electron chi connectivity index (χ3n) is 16.3. The molecule has 24 atom stereocenters. The molecule has 0 bridgehead atoms. The molecule has 0 radical (unpaired) electrons. The van der Waals surface area contributed by atoms with Gasteiger partial charge in [0.25, 0.3) is 0 Å². The highest BCUT2D eigenvalue weighted by atomic mass is 16.8. The number of hydrogen-bond acceptors (Lipinski definition) is 29. The highest BCUT2D eigenvalue weighted by Crippen LogP contribution is 2.42. The maximum absolute atomic E-state index is 13.8. The molecule has 7 rings (SSSR count). The van der Waals surface area contributed by atoms with Gasteiger partial charge in [0.05, 0.1) is 101 Å². The average molecular weight is 1290 g/mol. The Morgan fingerprint density at radius 3 is 1.69 bits per heavy atom. The lowest BCUT2D eigenvalue weighted by molar-refractivity contribution is -0.337. The fourth-order valence-electron chi connectivity index (χ4n) is 11.2. The van der Waals surface area contributed by atoms with E-state index in [0.29, 0.717) is 25.0 Å². The number of carbonyl (C=O) groups is 6. The lowest BCUT2D eigenvalue weighted by atomic mass is 9.89. The SMILES string of the molecule is C=C[C@@H]1O[C@H](C=C)[C@@H]2C(=O)N(CCCCCN(Cc3cn(CCOCCO[C@@H]4OC(C(=O)O)[C@@H](O[C@H]5OC(C)[C@@H](O)[C@H](O)C5N)[C@H](O)C4O)nn3)C(=O)CCC(=O)NCCOCCCO[C@@H]3OC(C(=O)O)[C@@H](O[C@H]4OC(C)[C@@H](O)[C@H](O)C4N)[C@H](O)C3O)C(=O)[C@@H]21. The Hall–Kier alpha value is -5.20. The molecule has 4 amide bonds. The number of carbonyl (C=O) groups excluding carboxylic acids is 4. The number of aliphatic carboxylic acids is 2. The minimum absolute atomic E-state index is 0.00134. The van der Waals surface area contributed by atoms with Crippen molar-refractivity contribution in [1.82, 2.24) is 30.1 Å². The van der Waals surface area contributed by atoms with Crippen LogP contribution in [0, 0.1) is 11.8 Å². The summed E-state index contributed by atoms with van der Waals surface area (Å²) in [6.07, 6.45) is -23.7. The number of ether oxygens (including phenoxy) is 11. The summed E-state index contributed by atoms with van der Waals surface area (Å²) < 4.78 is 62.5. The number of fused-ring (bicyclic) bond motifs is 1. The number of nitrogens with one attached hydrogen (secondary N) is 1. The van der Waals surface area contributed by atoms with Crippen molar-refractivity contribution in [3.05, 3.63) is 37.2 Å². The quantitative estimate of drug-likeness (QED) is 0.0173. The number of aliphatic hydroxyl groups excluding tert-OH is 8. The van der Waals surface area contributed by atoms with Gasteiger partial charge in [0.2, 0.25) is 23.6 Å². The van der Waals surface area contributed by atoms with Gasteiger partial charge in [-0.3, -0.25) is 24.1 Å². The molecule has 6 fully saturated rings. The number of likely N-dealkylation sites (tertiary alicyclic amines) is 1. The van der Waals surface area contributed by atoms with Crippen molar-refractivity contribution in [3.63, 3.8) is 0 Å². The molecule has 90 heavy (non-hydrogen) atoms. The van der Waals surface area contributed by atoms with Crippen LogP contribution in [0.3, 0.4) is 0 Å². The van der Waals surface area contributed by atoms with Gasteiger partial charge in [0.1, 0.15) is 66.7 Å². The largest absolute Gasteiger partial charge is 0.479 e. The number of carboxylic acid groups (broad SMARTS) is 2. The van der Waals surface area contributed by atoms with Crippen LogP contribution in [-0.2, 0) is 94.0 Å². The van der Waals surface area contributed by atoms with Crippen molar-refractivity contribution < 1.29 is 132 Å². The highest BCUT2D eigenvalue weighted by Gasteiger charge is 2.59. The first-order valence-electron chi connectivity index (χ1n) is 29.8. The van der Waals surface area contributed by atoms with E-state index in [1.165, 1.54) is 40.5 Å². The monoisotopic (exact) mass is 1290 g/mol. The fourth-order valence-corrected chi connectivity index (χ4v) is 11.2. The summed E-state index contributed by atoms with van der Waals surface area (Å²) in [4.78, 5) is 80.4. The molecule has 35 nitrogen and oxygen atoms in total. The second-order valence-corrected chi connectivity index (χ2v) is 22.7. The first kappa shape index (κ1) is 72.2. The zero-order valence-electron chi connectivity index (χ0n) is 49.8. The van der Waals surface area contributed by atoms with Gasteiger partial charge in [-0.25, -0.2) is 14.3 Å². The molecule has 1 aromatic rings. The summed E-state index contributed by atoms with van der Waals surface area (Å²) in [5.74, 6) is -6.02. The molecule has 35 heteroatoms. The summed E-state index contributed by atoms with van der Waals surface area (Å²) in [5, 5.41) is 115. The van der Waals surface area contributed by atoms with Gasteiger partial charge in [-0.1, -0.05) is 17.4 Å². The topological polar surface area (TPSA) is 508 Å². The number of rotatable bonds is 34. The number of aliphatic hydroxyl groups is 8. The Morgan fingerprint density at radius 1 is 0.622 bits per heavy atom. The van der Waals surface area contributed by atoms with Crippen LogP contribution in [0.1, 0.15) is 58.1 Å². The number of hydrogen-bond donors (Lipinski definition) is 13. The van der Waals surface area contributed by atoms with E-state index in [1.54, 1.807) is 6.20 Å². The maximum Gasteiger partial charge on any atom is 0.335 e.